The quantitative estimate of drug-likeness (QED) is 0.611. The Balaban J connectivity index is 1.38. The van der Waals surface area contributed by atoms with E-state index in [9.17, 15) is 24.3 Å². The number of fused-ring (bicyclic) bond motifs is 1. The fraction of sp³-hybridized carbons (Fsp3) is 0.304. The molecule has 0 unspecified atom stereocenters. The van der Waals surface area contributed by atoms with Crippen LogP contribution in [0.4, 0.5) is 0 Å². The maximum absolute atomic E-state index is 12.7. The number of nitrogens with zero attached hydrogens (tertiary/aromatic N) is 2. The third-order valence-corrected chi connectivity index (χ3v) is 5.82. The molecule has 1 fully saturated rings. The number of hydrogen-bond donors (Lipinski definition) is 2. The predicted octanol–water partition coefficient (Wildman–Crippen LogP) is 1.91. The number of ketones is 1. The van der Waals surface area contributed by atoms with E-state index >= 15 is 0 Å². The smallest absolute Gasteiger partial charge is 0.328 e. The van der Waals surface area contributed by atoms with Crippen LogP contribution < -0.4 is 11.2 Å². The molecule has 0 saturated carbocycles. The van der Waals surface area contributed by atoms with Crippen molar-refractivity contribution < 1.29 is 14.7 Å². The molecule has 0 aliphatic carbocycles. The van der Waals surface area contributed by atoms with Gasteiger partial charge in [-0.1, -0.05) is 12.1 Å². The topological polar surface area (TPSA) is 112 Å². The second kappa shape index (κ2) is 8.59. The van der Waals surface area contributed by atoms with Gasteiger partial charge in [-0.3, -0.25) is 23.9 Å². The number of aromatic hydroxyl groups is 1. The number of carbonyl (C=O) groups excluding carboxylic acids is 2. The summed E-state index contributed by atoms with van der Waals surface area (Å²) in [5.74, 6) is -0.0956. The van der Waals surface area contributed by atoms with Crippen LogP contribution in [0.3, 0.4) is 0 Å². The number of benzene rings is 2. The van der Waals surface area contributed by atoms with Gasteiger partial charge < -0.3 is 10.0 Å². The molecule has 0 spiro atoms. The Hall–Kier alpha value is -3.68. The van der Waals surface area contributed by atoms with Gasteiger partial charge in [-0.2, -0.15) is 0 Å². The third-order valence-electron chi connectivity index (χ3n) is 5.82. The molecule has 1 saturated heterocycles. The minimum absolute atomic E-state index is 0.0263. The molecular weight excluding hydrogens is 398 g/mol. The van der Waals surface area contributed by atoms with Gasteiger partial charge in [0.15, 0.2) is 5.78 Å². The number of phenolic OH excluding ortho intramolecular Hbond substituents is 1. The highest BCUT2D eigenvalue weighted by molar-refractivity contribution is 5.98. The van der Waals surface area contributed by atoms with Crippen LogP contribution in [0, 0.1) is 5.92 Å². The molecule has 2 aromatic carbocycles. The standard InChI is InChI=1S/C23H23N3O5/c27-17-7-5-15(6-8-17)21(29)16-9-12-25(13-10-16)20(28)11-14-26-19-4-2-1-3-18(19)22(30)24-23(26)31/h1-8,16,27H,9-14H2,(H,24,30,31). The van der Waals surface area contributed by atoms with Crippen molar-refractivity contribution in [3.63, 3.8) is 0 Å². The molecule has 0 bridgehead atoms. The van der Waals surface area contributed by atoms with Crippen molar-refractivity contribution >= 4 is 22.6 Å². The molecule has 2 N–H and O–H groups in total. The van der Waals surface area contributed by atoms with Gasteiger partial charge in [0.2, 0.25) is 5.91 Å². The van der Waals surface area contributed by atoms with E-state index in [2.05, 4.69) is 4.98 Å². The molecular formula is C23H23N3O5. The molecule has 160 valence electrons. The molecule has 2 heterocycles. The average Bonchev–Trinajstić information content (AvgIpc) is 2.79. The number of H-pyrrole nitrogens is 1. The summed E-state index contributed by atoms with van der Waals surface area (Å²) in [6, 6.07) is 13.0. The number of likely N-dealkylation sites (tertiary alicyclic amines) is 1. The van der Waals surface area contributed by atoms with Crippen LogP contribution in [0.2, 0.25) is 0 Å². The molecule has 1 amide bonds. The molecule has 31 heavy (non-hydrogen) atoms. The number of rotatable bonds is 5. The molecule has 0 radical (unpaired) electrons. The Morgan fingerprint density at radius 1 is 1.00 bits per heavy atom. The van der Waals surface area contributed by atoms with Crippen molar-refractivity contribution in [1.82, 2.24) is 14.5 Å². The van der Waals surface area contributed by atoms with Crippen LogP contribution in [0.25, 0.3) is 10.9 Å². The molecule has 8 heteroatoms. The summed E-state index contributed by atoms with van der Waals surface area (Å²) < 4.78 is 1.41. The highest BCUT2D eigenvalue weighted by Gasteiger charge is 2.28. The van der Waals surface area contributed by atoms with E-state index in [-0.39, 0.29) is 36.3 Å². The number of amides is 1. The van der Waals surface area contributed by atoms with E-state index in [4.69, 9.17) is 0 Å². The first kappa shape index (κ1) is 20.6. The molecule has 1 aromatic heterocycles. The average molecular weight is 421 g/mol. The molecule has 1 aliphatic rings. The highest BCUT2D eigenvalue weighted by atomic mass is 16.3. The minimum atomic E-state index is -0.533. The van der Waals surface area contributed by atoms with E-state index in [0.29, 0.717) is 42.4 Å². The van der Waals surface area contributed by atoms with Gasteiger partial charge in [-0.25, -0.2) is 4.79 Å². The number of carbonyl (C=O) groups is 2. The summed E-state index contributed by atoms with van der Waals surface area (Å²) in [7, 11) is 0. The van der Waals surface area contributed by atoms with Crippen LogP contribution in [-0.2, 0) is 11.3 Å². The lowest BCUT2D eigenvalue weighted by Gasteiger charge is -2.31. The van der Waals surface area contributed by atoms with Gasteiger partial charge in [0.25, 0.3) is 5.56 Å². The van der Waals surface area contributed by atoms with Crippen molar-refractivity contribution in [2.45, 2.75) is 25.8 Å². The Bertz CT molecular complexity index is 1230. The number of piperidine rings is 1. The Labute approximate surface area is 177 Å². The summed E-state index contributed by atoms with van der Waals surface area (Å²) in [6.07, 6.45) is 1.28. The van der Waals surface area contributed by atoms with E-state index in [1.807, 2.05) is 0 Å². The van der Waals surface area contributed by atoms with E-state index in [1.54, 1.807) is 41.3 Å². The number of Topliss-reactive ketones (excluding diaryl/α,β-unsaturated/α-hetero) is 1. The minimum Gasteiger partial charge on any atom is -0.508 e. The first-order valence-corrected chi connectivity index (χ1v) is 10.3. The first-order valence-electron chi connectivity index (χ1n) is 10.3. The zero-order valence-electron chi connectivity index (χ0n) is 16.9. The van der Waals surface area contributed by atoms with Gasteiger partial charge >= 0.3 is 5.69 Å². The van der Waals surface area contributed by atoms with Crippen LogP contribution >= 0.6 is 0 Å². The predicted molar refractivity (Wildman–Crippen MR) is 115 cm³/mol. The van der Waals surface area contributed by atoms with Gasteiger partial charge in [0, 0.05) is 37.5 Å². The second-order valence-electron chi connectivity index (χ2n) is 7.74. The Kier molecular flexibility index (Phi) is 5.70. The lowest BCUT2D eigenvalue weighted by atomic mass is 9.89. The molecule has 1 aliphatic heterocycles. The van der Waals surface area contributed by atoms with Crippen molar-refractivity contribution in [2.75, 3.05) is 13.1 Å². The molecule has 0 atom stereocenters. The van der Waals surface area contributed by atoms with E-state index in [1.165, 1.54) is 16.7 Å². The van der Waals surface area contributed by atoms with E-state index in [0.717, 1.165) is 0 Å². The molecule has 8 nitrogen and oxygen atoms in total. The normalized spacial score (nSPS) is 14.6. The summed E-state index contributed by atoms with van der Waals surface area (Å²) in [5, 5.41) is 9.78. The monoisotopic (exact) mass is 421 g/mol. The summed E-state index contributed by atoms with van der Waals surface area (Å²) in [4.78, 5) is 53.6. The van der Waals surface area contributed by atoms with Crippen molar-refractivity contribution in [2.24, 2.45) is 5.92 Å². The zero-order valence-corrected chi connectivity index (χ0v) is 16.9. The number of hydrogen-bond acceptors (Lipinski definition) is 5. The number of aromatic nitrogens is 2. The second-order valence-corrected chi connectivity index (χ2v) is 7.74. The van der Waals surface area contributed by atoms with Gasteiger partial charge in [0.05, 0.1) is 10.9 Å². The van der Waals surface area contributed by atoms with Gasteiger partial charge in [-0.15, -0.1) is 0 Å². The fourth-order valence-electron chi connectivity index (χ4n) is 4.08. The van der Waals surface area contributed by atoms with Crippen LogP contribution in [0.15, 0.2) is 58.1 Å². The first-order chi connectivity index (χ1) is 14.9. The SMILES string of the molecule is O=C(c1ccc(O)cc1)C1CCN(C(=O)CCn2c(=O)[nH]c(=O)c3ccccc32)CC1. The van der Waals surface area contributed by atoms with Crippen molar-refractivity contribution in [3.05, 3.63) is 74.9 Å². The van der Waals surface area contributed by atoms with Crippen LogP contribution in [0.5, 0.6) is 5.75 Å². The summed E-state index contributed by atoms with van der Waals surface area (Å²) in [6.45, 7) is 1.13. The highest BCUT2D eigenvalue weighted by Crippen LogP contribution is 2.23. The number of aryl methyl sites for hydroxylation is 1. The lowest BCUT2D eigenvalue weighted by Crippen LogP contribution is -2.41. The lowest BCUT2D eigenvalue weighted by molar-refractivity contribution is -0.132. The Morgan fingerprint density at radius 3 is 2.39 bits per heavy atom. The fourth-order valence-corrected chi connectivity index (χ4v) is 4.08. The van der Waals surface area contributed by atoms with Crippen LogP contribution in [-0.4, -0.2) is 44.3 Å². The third kappa shape index (κ3) is 4.28. The van der Waals surface area contributed by atoms with Crippen molar-refractivity contribution in [3.8, 4) is 5.75 Å². The zero-order chi connectivity index (χ0) is 22.0. The number of nitrogens with one attached hydrogen (secondary N) is 1. The maximum Gasteiger partial charge on any atom is 0.328 e. The van der Waals surface area contributed by atoms with Gasteiger partial charge in [-0.05, 0) is 49.2 Å². The summed E-state index contributed by atoms with van der Waals surface area (Å²) >= 11 is 0. The Morgan fingerprint density at radius 2 is 1.68 bits per heavy atom. The van der Waals surface area contributed by atoms with Crippen LogP contribution in [0.1, 0.15) is 29.6 Å². The van der Waals surface area contributed by atoms with E-state index < -0.39 is 11.2 Å². The largest absolute Gasteiger partial charge is 0.508 e. The van der Waals surface area contributed by atoms with Gasteiger partial charge in [0.1, 0.15) is 5.75 Å². The summed E-state index contributed by atoms with van der Waals surface area (Å²) in [5.41, 5.74) is 0.0902. The maximum atomic E-state index is 12.7. The van der Waals surface area contributed by atoms with Crippen molar-refractivity contribution in [1.29, 1.82) is 0 Å². The number of para-hydroxylation sites is 1. The number of phenols is 1. The molecule has 4 rings (SSSR count). The number of aromatic amines is 1. The molecule has 3 aromatic rings.